The molecule has 1 aromatic rings. The van der Waals surface area contributed by atoms with E-state index in [1.54, 1.807) is 12.1 Å². The highest BCUT2D eigenvalue weighted by atomic mass is 19.1. The van der Waals surface area contributed by atoms with Crippen molar-refractivity contribution in [3.63, 3.8) is 0 Å². The Morgan fingerprint density at radius 3 is 2.94 bits per heavy atom. The van der Waals surface area contributed by atoms with Crippen LogP contribution in [0, 0.1) is 11.2 Å². The zero-order valence-corrected chi connectivity index (χ0v) is 10.4. The van der Waals surface area contributed by atoms with E-state index in [0.717, 1.165) is 19.4 Å². The van der Waals surface area contributed by atoms with Gasteiger partial charge in [0.15, 0.2) is 0 Å². The first-order chi connectivity index (χ1) is 8.22. The van der Waals surface area contributed by atoms with Gasteiger partial charge in [-0.25, -0.2) is 4.39 Å². The molecule has 0 heterocycles. The van der Waals surface area contributed by atoms with E-state index in [4.69, 9.17) is 0 Å². The van der Waals surface area contributed by atoms with E-state index in [1.165, 1.54) is 30.4 Å². The number of nitrogens with one attached hydrogen (secondary N) is 1. The summed E-state index contributed by atoms with van der Waals surface area (Å²) >= 11 is 0. The predicted molar refractivity (Wildman–Crippen MR) is 67.4 cm³/mol. The van der Waals surface area contributed by atoms with Gasteiger partial charge in [0, 0.05) is 12.6 Å². The van der Waals surface area contributed by atoms with E-state index in [0.29, 0.717) is 11.5 Å². The predicted octanol–water partition coefficient (Wildman–Crippen LogP) is 3.59. The van der Waals surface area contributed by atoms with Crippen LogP contribution in [0.2, 0.25) is 0 Å². The van der Waals surface area contributed by atoms with Crippen LogP contribution >= 0.6 is 0 Å². The smallest absolute Gasteiger partial charge is 0.123 e. The first kappa shape index (κ1) is 11.2. The van der Waals surface area contributed by atoms with Crippen molar-refractivity contribution in [3.8, 4) is 0 Å². The monoisotopic (exact) mass is 233 g/mol. The van der Waals surface area contributed by atoms with Crippen molar-refractivity contribution in [2.75, 3.05) is 6.54 Å². The molecule has 1 N–H and O–H groups in total. The molecule has 92 valence electrons. The second-order valence-electron chi connectivity index (χ2n) is 5.67. The van der Waals surface area contributed by atoms with Crippen LogP contribution < -0.4 is 5.32 Å². The maximum atomic E-state index is 13.1. The van der Waals surface area contributed by atoms with Gasteiger partial charge in [0.25, 0.3) is 0 Å². The lowest BCUT2D eigenvalue weighted by molar-refractivity contribution is 0.403. The third-order valence-corrected chi connectivity index (χ3v) is 4.61. The SMILES string of the molecule is CCC1(CNC2CCc3cc(F)ccc32)CC1. The minimum atomic E-state index is -0.100. The average Bonchev–Trinajstić information content (AvgIpc) is 3.02. The van der Waals surface area contributed by atoms with Gasteiger partial charge in [0.1, 0.15) is 5.82 Å². The van der Waals surface area contributed by atoms with E-state index in [-0.39, 0.29) is 5.82 Å². The lowest BCUT2D eigenvalue weighted by atomic mass is 10.0. The van der Waals surface area contributed by atoms with Crippen molar-refractivity contribution in [2.45, 2.75) is 45.1 Å². The van der Waals surface area contributed by atoms with Gasteiger partial charge in [-0.15, -0.1) is 0 Å². The molecule has 2 aliphatic carbocycles. The van der Waals surface area contributed by atoms with Gasteiger partial charge in [-0.1, -0.05) is 13.0 Å². The summed E-state index contributed by atoms with van der Waals surface area (Å²) in [6, 6.07) is 5.70. The number of hydrogen-bond donors (Lipinski definition) is 1. The van der Waals surface area contributed by atoms with E-state index < -0.39 is 0 Å². The molecule has 0 amide bonds. The van der Waals surface area contributed by atoms with Gasteiger partial charge >= 0.3 is 0 Å². The van der Waals surface area contributed by atoms with Crippen molar-refractivity contribution in [2.24, 2.45) is 5.41 Å². The van der Waals surface area contributed by atoms with Crippen LogP contribution in [-0.4, -0.2) is 6.54 Å². The summed E-state index contributed by atoms with van der Waals surface area (Å²) in [7, 11) is 0. The summed E-state index contributed by atoms with van der Waals surface area (Å²) < 4.78 is 13.1. The molecule has 0 aliphatic heterocycles. The van der Waals surface area contributed by atoms with Gasteiger partial charge in [-0.05, 0) is 60.8 Å². The Kier molecular flexibility index (Phi) is 2.70. The number of rotatable bonds is 4. The third kappa shape index (κ3) is 2.11. The lowest BCUT2D eigenvalue weighted by Gasteiger charge is -2.19. The van der Waals surface area contributed by atoms with Crippen LogP contribution in [-0.2, 0) is 6.42 Å². The molecule has 2 aliphatic rings. The molecule has 17 heavy (non-hydrogen) atoms. The van der Waals surface area contributed by atoms with Crippen molar-refractivity contribution >= 4 is 0 Å². The molecular weight excluding hydrogens is 213 g/mol. The Labute approximate surface area is 102 Å². The minimum absolute atomic E-state index is 0.100. The van der Waals surface area contributed by atoms with Gasteiger partial charge in [-0.2, -0.15) is 0 Å². The summed E-state index contributed by atoms with van der Waals surface area (Å²) in [5.41, 5.74) is 3.10. The normalized spacial score (nSPS) is 24.7. The quantitative estimate of drug-likeness (QED) is 0.838. The van der Waals surface area contributed by atoms with Crippen LogP contribution in [0.4, 0.5) is 4.39 Å². The Morgan fingerprint density at radius 2 is 2.24 bits per heavy atom. The second kappa shape index (κ2) is 4.09. The molecule has 0 spiro atoms. The van der Waals surface area contributed by atoms with Crippen molar-refractivity contribution in [1.82, 2.24) is 5.32 Å². The summed E-state index contributed by atoms with van der Waals surface area (Å²) in [6.45, 7) is 3.41. The molecule has 1 atom stereocenters. The fourth-order valence-electron chi connectivity index (χ4n) is 2.97. The van der Waals surface area contributed by atoms with E-state index in [2.05, 4.69) is 12.2 Å². The van der Waals surface area contributed by atoms with Crippen LogP contribution in [0.25, 0.3) is 0 Å². The molecule has 1 fully saturated rings. The van der Waals surface area contributed by atoms with E-state index in [9.17, 15) is 4.39 Å². The van der Waals surface area contributed by atoms with Gasteiger partial charge < -0.3 is 5.32 Å². The van der Waals surface area contributed by atoms with E-state index >= 15 is 0 Å². The van der Waals surface area contributed by atoms with Crippen LogP contribution in [0.15, 0.2) is 18.2 Å². The maximum absolute atomic E-state index is 13.1. The number of benzene rings is 1. The largest absolute Gasteiger partial charge is 0.309 e. The number of hydrogen-bond acceptors (Lipinski definition) is 1. The molecule has 0 saturated heterocycles. The molecule has 1 saturated carbocycles. The maximum Gasteiger partial charge on any atom is 0.123 e. The zero-order chi connectivity index (χ0) is 11.9. The molecule has 0 bridgehead atoms. The van der Waals surface area contributed by atoms with Crippen LogP contribution in [0.3, 0.4) is 0 Å². The number of halogens is 1. The van der Waals surface area contributed by atoms with Crippen molar-refractivity contribution < 1.29 is 4.39 Å². The molecule has 0 radical (unpaired) electrons. The topological polar surface area (TPSA) is 12.0 Å². The Morgan fingerprint density at radius 1 is 1.41 bits per heavy atom. The average molecular weight is 233 g/mol. The number of aryl methyl sites for hydroxylation is 1. The summed E-state index contributed by atoms with van der Waals surface area (Å²) in [4.78, 5) is 0. The number of fused-ring (bicyclic) bond motifs is 1. The van der Waals surface area contributed by atoms with E-state index in [1.807, 2.05) is 6.07 Å². The molecule has 1 aromatic carbocycles. The first-order valence-corrected chi connectivity index (χ1v) is 6.74. The highest BCUT2D eigenvalue weighted by Gasteiger charge is 2.40. The van der Waals surface area contributed by atoms with Crippen LogP contribution in [0.1, 0.15) is 49.8 Å². The lowest BCUT2D eigenvalue weighted by Crippen LogP contribution is -2.26. The molecule has 3 rings (SSSR count). The zero-order valence-electron chi connectivity index (χ0n) is 10.4. The standard InChI is InChI=1S/C15H20FN/c1-2-15(7-8-15)10-17-14-6-3-11-9-12(16)4-5-13(11)14/h4-5,9,14,17H,2-3,6-8,10H2,1H3. The molecule has 1 unspecified atom stereocenters. The molecule has 0 aromatic heterocycles. The molecule has 2 heteroatoms. The molecule has 1 nitrogen and oxygen atoms in total. The fraction of sp³-hybridized carbons (Fsp3) is 0.600. The van der Waals surface area contributed by atoms with Gasteiger partial charge in [0.2, 0.25) is 0 Å². The third-order valence-electron chi connectivity index (χ3n) is 4.61. The summed E-state index contributed by atoms with van der Waals surface area (Å²) in [5, 5.41) is 3.69. The Hall–Kier alpha value is -0.890. The first-order valence-electron chi connectivity index (χ1n) is 6.74. The van der Waals surface area contributed by atoms with Gasteiger partial charge in [0.05, 0.1) is 0 Å². The Balaban J connectivity index is 1.67. The van der Waals surface area contributed by atoms with Crippen molar-refractivity contribution in [1.29, 1.82) is 0 Å². The summed E-state index contributed by atoms with van der Waals surface area (Å²) in [5.74, 6) is -0.100. The van der Waals surface area contributed by atoms with Gasteiger partial charge in [-0.3, -0.25) is 0 Å². The summed E-state index contributed by atoms with van der Waals surface area (Å²) in [6.07, 6.45) is 6.17. The van der Waals surface area contributed by atoms with Crippen molar-refractivity contribution in [3.05, 3.63) is 35.1 Å². The highest BCUT2D eigenvalue weighted by Crippen LogP contribution is 2.48. The highest BCUT2D eigenvalue weighted by molar-refractivity contribution is 5.35. The Bertz CT molecular complexity index is 423. The minimum Gasteiger partial charge on any atom is -0.309 e. The second-order valence-corrected chi connectivity index (χ2v) is 5.67. The van der Waals surface area contributed by atoms with Crippen LogP contribution in [0.5, 0.6) is 0 Å². The molecular formula is C15H20FN. The fourth-order valence-corrected chi connectivity index (χ4v) is 2.97.